The fourth-order valence-corrected chi connectivity index (χ4v) is 2.04. The summed E-state index contributed by atoms with van der Waals surface area (Å²) >= 11 is 1.88. The standard InChI is InChI=1S/C13H18O3S/c1-2-8-17-9-7-16-12-5-3-11(4-6-12)10-13(14)15/h3-6H,2,7-10H2,1H3,(H,14,15). The molecule has 0 aliphatic carbocycles. The van der Waals surface area contributed by atoms with E-state index in [-0.39, 0.29) is 6.42 Å². The van der Waals surface area contributed by atoms with Crippen LogP contribution in [0.2, 0.25) is 0 Å². The van der Waals surface area contributed by atoms with Crippen LogP contribution in [0.25, 0.3) is 0 Å². The first kappa shape index (κ1) is 13.9. The van der Waals surface area contributed by atoms with Crippen LogP contribution in [0.15, 0.2) is 24.3 Å². The second-order valence-corrected chi connectivity index (χ2v) is 4.90. The number of carboxylic acid groups (broad SMARTS) is 1. The Kier molecular flexibility index (Phi) is 6.55. The topological polar surface area (TPSA) is 46.5 Å². The molecule has 1 N–H and O–H groups in total. The molecule has 0 aromatic heterocycles. The van der Waals surface area contributed by atoms with E-state index < -0.39 is 5.97 Å². The zero-order valence-electron chi connectivity index (χ0n) is 10.0. The molecule has 0 saturated carbocycles. The number of hydrogen-bond donors (Lipinski definition) is 1. The predicted molar refractivity (Wildman–Crippen MR) is 70.9 cm³/mol. The highest BCUT2D eigenvalue weighted by Crippen LogP contribution is 2.13. The minimum absolute atomic E-state index is 0.0621. The van der Waals surface area contributed by atoms with Gasteiger partial charge in [0, 0.05) is 5.75 Å². The molecule has 3 nitrogen and oxygen atoms in total. The normalized spacial score (nSPS) is 10.2. The summed E-state index contributed by atoms with van der Waals surface area (Å²) in [6.07, 6.45) is 1.25. The lowest BCUT2D eigenvalue weighted by atomic mass is 10.1. The summed E-state index contributed by atoms with van der Waals surface area (Å²) < 4.78 is 5.54. The van der Waals surface area contributed by atoms with Gasteiger partial charge in [0.15, 0.2) is 0 Å². The fourth-order valence-electron chi connectivity index (χ4n) is 1.34. The highest BCUT2D eigenvalue weighted by molar-refractivity contribution is 7.99. The molecule has 0 bridgehead atoms. The van der Waals surface area contributed by atoms with E-state index >= 15 is 0 Å². The third-order valence-corrected chi connectivity index (χ3v) is 3.28. The summed E-state index contributed by atoms with van der Waals surface area (Å²) in [6, 6.07) is 7.23. The summed E-state index contributed by atoms with van der Waals surface area (Å²) in [4.78, 5) is 10.5. The molecule has 0 unspecified atom stereocenters. The summed E-state index contributed by atoms with van der Waals surface area (Å²) in [5.41, 5.74) is 0.796. The van der Waals surface area contributed by atoms with Crippen molar-refractivity contribution in [2.45, 2.75) is 19.8 Å². The molecule has 0 aliphatic heterocycles. The summed E-state index contributed by atoms with van der Waals surface area (Å²) in [6.45, 7) is 2.86. The second-order valence-electron chi connectivity index (χ2n) is 3.68. The smallest absolute Gasteiger partial charge is 0.307 e. The highest BCUT2D eigenvalue weighted by atomic mass is 32.2. The van der Waals surface area contributed by atoms with Gasteiger partial charge in [-0.25, -0.2) is 0 Å². The van der Waals surface area contributed by atoms with Crippen LogP contribution >= 0.6 is 11.8 Å². The first-order valence-corrected chi connectivity index (χ1v) is 6.89. The third kappa shape index (κ3) is 6.22. The van der Waals surface area contributed by atoms with Gasteiger partial charge in [0.2, 0.25) is 0 Å². The molecule has 1 rings (SSSR count). The molecule has 4 heteroatoms. The molecule has 0 radical (unpaired) electrons. The Morgan fingerprint density at radius 2 is 2.00 bits per heavy atom. The van der Waals surface area contributed by atoms with Crippen LogP contribution in [-0.4, -0.2) is 29.2 Å². The minimum Gasteiger partial charge on any atom is -0.493 e. The van der Waals surface area contributed by atoms with E-state index in [9.17, 15) is 4.79 Å². The van der Waals surface area contributed by atoms with Crippen molar-refractivity contribution < 1.29 is 14.6 Å². The minimum atomic E-state index is -0.811. The number of ether oxygens (including phenoxy) is 1. The lowest BCUT2D eigenvalue weighted by Gasteiger charge is -2.06. The van der Waals surface area contributed by atoms with E-state index in [2.05, 4.69) is 6.92 Å². The lowest BCUT2D eigenvalue weighted by Crippen LogP contribution is -2.02. The second kappa shape index (κ2) is 8.01. The molecular weight excluding hydrogens is 236 g/mol. The van der Waals surface area contributed by atoms with Crippen LogP contribution in [0.4, 0.5) is 0 Å². The fraction of sp³-hybridized carbons (Fsp3) is 0.462. The summed E-state index contributed by atoms with van der Waals surface area (Å²) in [7, 11) is 0. The number of carbonyl (C=O) groups is 1. The van der Waals surface area contributed by atoms with Crippen LogP contribution in [0, 0.1) is 0 Å². The molecule has 17 heavy (non-hydrogen) atoms. The molecule has 0 atom stereocenters. The van der Waals surface area contributed by atoms with Crippen molar-refractivity contribution in [2.75, 3.05) is 18.1 Å². The highest BCUT2D eigenvalue weighted by Gasteiger charge is 2.00. The van der Waals surface area contributed by atoms with Crippen molar-refractivity contribution in [1.82, 2.24) is 0 Å². The molecule has 0 fully saturated rings. The van der Waals surface area contributed by atoms with Crippen molar-refractivity contribution in [3.63, 3.8) is 0 Å². The van der Waals surface area contributed by atoms with Gasteiger partial charge in [-0.3, -0.25) is 4.79 Å². The first-order chi connectivity index (χ1) is 8.22. The molecule has 1 aromatic carbocycles. The molecule has 0 saturated heterocycles. The van der Waals surface area contributed by atoms with E-state index in [0.717, 1.165) is 17.1 Å². The van der Waals surface area contributed by atoms with Gasteiger partial charge < -0.3 is 9.84 Å². The van der Waals surface area contributed by atoms with E-state index in [4.69, 9.17) is 9.84 Å². The monoisotopic (exact) mass is 254 g/mol. The average molecular weight is 254 g/mol. The van der Waals surface area contributed by atoms with Gasteiger partial charge >= 0.3 is 5.97 Å². The summed E-state index contributed by atoms with van der Waals surface area (Å²) in [5.74, 6) is 2.15. The average Bonchev–Trinajstić information content (AvgIpc) is 2.30. The molecule has 1 aromatic rings. The zero-order chi connectivity index (χ0) is 12.5. The third-order valence-electron chi connectivity index (χ3n) is 2.12. The van der Waals surface area contributed by atoms with Gasteiger partial charge in [0.25, 0.3) is 0 Å². The lowest BCUT2D eigenvalue weighted by molar-refractivity contribution is -0.136. The maximum Gasteiger partial charge on any atom is 0.307 e. The quantitative estimate of drug-likeness (QED) is 0.725. The van der Waals surface area contributed by atoms with E-state index in [1.54, 1.807) is 12.1 Å². The van der Waals surface area contributed by atoms with Crippen molar-refractivity contribution in [1.29, 1.82) is 0 Å². The number of aliphatic carboxylic acids is 1. The van der Waals surface area contributed by atoms with Gasteiger partial charge in [-0.2, -0.15) is 11.8 Å². The Balaban J connectivity index is 2.28. The van der Waals surface area contributed by atoms with E-state index in [1.165, 1.54) is 12.2 Å². The zero-order valence-corrected chi connectivity index (χ0v) is 10.8. The van der Waals surface area contributed by atoms with Gasteiger partial charge in [-0.15, -0.1) is 0 Å². The van der Waals surface area contributed by atoms with Gasteiger partial charge in [-0.05, 0) is 29.9 Å². The number of rotatable bonds is 8. The van der Waals surface area contributed by atoms with E-state index in [1.807, 2.05) is 23.9 Å². The van der Waals surface area contributed by atoms with Crippen LogP contribution < -0.4 is 4.74 Å². The predicted octanol–water partition coefficient (Wildman–Crippen LogP) is 2.84. The molecule has 0 amide bonds. The largest absolute Gasteiger partial charge is 0.493 e. The number of carboxylic acids is 1. The molecule has 0 heterocycles. The Labute approximate surface area is 106 Å². The van der Waals surface area contributed by atoms with Crippen LogP contribution in [0.1, 0.15) is 18.9 Å². The maximum atomic E-state index is 10.5. The van der Waals surface area contributed by atoms with Crippen LogP contribution in [-0.2, 0) is 11.2 Å². The van der Waals surface area contributed by atoms with Crippen molar-refractivity contribution in [2.24, 2.45) is 0 Å². The van der Waals surface area contributed by atoms with Crippen molar-refractivity contribution >= 4 is 17.7 Å². The van der Waals surface area contributed by atoms with Crippen molar-refractivity contribution in [3.05, 3.63) is 29.8 Å². The van der Waals surface area contributed by atoms with Crippen LogP contribution in [0.5, 0.6) is 5.75 Å². The number of hydrogen-bond acceptors (Lipinski definition) is 3. The van der Waals surface area contributed by atoms with E-state index in [0.29, 0.717) is 6.61 Å². The number of thioether (sulfide) groups is 1. The maximum absolute atomic E-state index is 10.5. The Morgan fingerprint density at radius 3 is 2.59 bits per heavy atom. The molecule has 0 spiro atoms. The Hall–Kier alpha value is -1.16. The molecule has 94 valence electrons. The Morgan fingerprint density at radius 1 is 1.29 bits per heavy atom. The molecule has 0 aliphatic rings. The first-order valence-electron chi connectivity index (χ1n) is 5.73. The SMILES string of the molecule is CCCSCCOc1ccc(CC(=O)O)cc1. The summed E-state index contributed by atoms with van der Waals surface area (Å²) in [5, 5.41) is 8.63. The number of benzene rings is 1. The molecular formula is C13H18O3S. The van der Waals surface area contributed by atoms with Gasteiger partial charge in [0.1, 0.15) is 5.75 Å². The Bertz CT molecular complexity index is 335. The van der Waals surface area contributed by atoms with Crippen LogP contribution in [0.3, 0.4) is 0 Å². The van der Waals surface area contributed by atoms with Gasteiger partial charge in [0.05, 0.1) is 13.0 Å². The van der Waals surface area contributed by atoms with Gasteiger partial charge in [-0.1, -0.05) is 19.1 Å². The van der Waals surface area contributed by atoms with Crippen molar-refractivity contribution in [3.8, 4) is 5.75 Å².